The van der Waals surface area contributed by atoms with Crippen LogP contribution in [0.3, 0.4) is 0 Å². The molecule has 0 radical (unpaired) electrons. The first-order valence-corrected chi connectivity index (χ1v) is 8.17. The Morgan fingerprint density at radius 1 is 1.40 bits per heavy atom. The Labute approximate surface area is 142 Å². The Balaban J connectivity index is 1.72. The predicted molar refractivity (Wildman–Crippen MR) is 86.5 cm³/mol. The zero-order valence-electron chi connectivity index (χ0n) is 13.4. The maximum atomic E-state index is 13.6. The lowest BCUT2D eigenvalue weighted by Gasteiger charge is -2.25. The molecule has 1 atom stereocenters. The molecule has 0 unspecified atom stereocenters. The number of aryl methyl sites for hydroxylation is 1. The Hall–Kier alpha value is -2.51. The lowest BCUT2D eigenvalue weighted by Crippen LogP contribution is -2.28. The van der Waals surface area contributed by atoms with Gasteiger partial charge in [0.05, 0.1) is 11.6 Å². The summed E-state index contributed by atoms with van der Waals surface area (Å²) in [6, 6.07) is 4.22. The number of nitrogens with one attached hydrogen (secondary N) is 1. The first-order chi connectivity index (χ1) is 11.9. The van der Waals surface area contributed by atoms with E-state index in [0.717, 1.165) is 4.68 Å². The van der Waals surface area contributed by atoms with Crippen LogP contribution >= 0.6 is 0 Å². The topological polar surface area (TPSA) is 72.9 Å². The standard InChI is InChI=1S/C17H17F3N4O/c18-9-1-2-13-11(7-9)10(4-6-22-13)16(25)24-15(21)12-8-17(19,20)5-3-14(12)23-24/h1-2,7,10,22H,3-6,8,21H2/t10-/m0/s1. The van der Waals surface area contributed by atoms with Crippen molar-refractivity contribution in [2.24, 2.45) is 0 Å². The van der Waals surface area contributed by atoms with Crippen molar-refractivity contribution in [2.45, 2.75) is 37.5 Å². The second-order valence-electron chi connectivity index (χ2n) is 6.59. The van der Waals surface area contributed by atoms with E-state index in [1.54, 1.807) is 6.07 Å². The van der Waals surface area contributed by atoms with Gasteiger partial charge in [-0.15, -0.1) is 0 Å². The second-order valence-corrected chi connectivity index (χ2v) is 6.59. The van der Waals surface area contributed by atoms with Crippen molar-refractivity contribution in [1.29, 1.82) is 0 Å². The first kappa shape index (κ1) is 16.0. The van der Waals surface area contributed by atoms with Gasteiger partial charge < -0.3 is 11.1 Å². The van der Waals surface area contributed by atoms with Crippen LogP contribution in [-0.2, 0) is 12.8 Å². The molecule has 1 aliphatic heterocycles. The highest BCUT2D eigenvalue weighted by molar-refractivity contribution is 5.90. The number of benzene rings is 1. The van der Waals surface area contributed by atoms with Crippen molar-refractivity contribution >= 4 is 17.4 Å². The minimum absolute atomic E-state index is 0.0316. The molecule has 8 heteroatoms. The van der Waals surface area contributed by atoms with Crippen molar-refractivity contribution < 1.29 is 18.0 Å². The van der Waals surface area contributed by atoms with Gasteiger partial charge >= 0.3 is 0 Å². The molecule has 25 heavy (non-hydrogen) atoms. The number of nitrogen functional groups attached to an aromatic ring is 1. The minimum Gasteiger partial charge on any atom is -0.385 e. The number of nitrogens with zero attached hydrogens (tertiary/aromatic N) is 2. The van der Waals surface area contributed by atoms with Crippen LogP contribution in [0.2, 0.25) is 0 Å². The molecule has 0 bridgehead atoms. The number of hydrogen-bond donors (Lipinski definition) is 2. The predicted octanol–water partition coefficient (Wildman–Crippen LogP) is 2.97. The van der Waals surface area contributed by atoms with E-state index >= 15 is 0 Å². The quantitative estimate of drug-likeness (QED) is 0.829. The number of aromatic nitrogens is 2. The lowest BCUT2D eigenvalue weighted by atomic mass is 9.90. The Kier molecular flexibility index (Phi) is 3.52. The second kappa shape index (κ2) is 5.50. The number of fused-ring (bicyclic) bond motifs is 2. The number of hydrogen-bond acceptors (Lipinski definition) is 4. The van der Waals surface area contributed by atoms with Crippen LogP contribution < -0.4 is 11.1 Å². The van der Waals surface area contributed by atoms with Crippen LogP contribution in [0, 0.1) is 5.82 Å². The molecule has 5 nitrogen and oxygen atoms in total. The van der Waals surface area contributed by atoms with Crippen molar-refractivity contribution in [1.82, 2.24) is 9.78 Å². The van der Waals surface area contributed by atoms with Crippen molar-refractivity contribution in [3.63, 3.8) is 0 Å². The highest BCUT2D eigenvalue weighted by Crippen LogP contribution is 2.37. The minimum atomic E-state index is -2.83. The summed E-state index contributed by atoms with van der Waals surface area (Å²) in [5.41, 5.74) is 7.88. The van der Waals surface area contributed by atoms with E-state index in [0.29, 0.717) is 29.9 Å². The summed E-state index contributed by atoms with van der Waals surface area (Å²) in [4.78, 5) is 13.0. The van der Waals surface area contributed by atoms with Crippen LogP contribution in [0.25, 0.3) is 0 Å². The summed E-state index contributed by atoms with van der Waals surface area (Å²) in [5.74, 6) is -4.33. The lowest BCUT2D eigenvalue weighted by molar-refractivity contribution is -0.0123. The molecule has 0 spiro atoms. The zero-order chi connectivity index (χ0) is 17.8. The van der Waals surface area contributed by atoms with Crippen LogP contribution in [0.4, 0.5) is 24.7 Å². The molecule has 3 N–H and O–H groups in total. The maximum Gasteiger partial charge on any atom is 0.256 e. The van der Waals surface area contributed by atoms with Gasteiger partial charge in [0.25, 0.3) is 11.8 Å². The van der Waals surface area contributed by atoms with Gasteiger partial charge in [-0.25, -0.2) is 13.2 Å². The van der Waals surface area contributed by atoms with Crippen molar-refractivity contribution in [3.8, 4) is 0 Å². The maximum absolute atomic E-state index is 13.6. The van der Waals surface area contributed by atoms with E-state index in [2.05, 4.69) is 10.4 Å². The molecule has 0 saturated heterocycles. The molecular weight excluding hydrogens is 333 g/mol. The number of anilines is 2. The summed E-state index contributed by atoms with van der Waals surface area (Å²) >= 11 is 0. The molecule has 0 saturated carbocycles. The third-order valence-electron chi connectivity index (χ3n) is 4.91. The number of halogens is 3. The van der Waals surface area contributed by atoms with Gasteiger partial charge in [-0.05, 0) is 36.6 Å². The molecule has 4 rings (SSSR count). The van der Waals surface area contributed by atoms with Gasteiger partial charge in [0, 0.05) is 30.6 Å². The Morgan fingerprint density at radius 3 is 3.00 bits per heavy atom. The van der Waals surface area contributed by atoms with E-state index in [4.69, 9.17) is 5.73 Å². The smallest absolute Gasteiger partial charge is 0.256 e. The van der Waals surface area contributed by atoms with Gasteiger partial charge in [-0.1, -0.05) is 0 Å². The van der Waals surface area contributed by atoms with E-state index < -0.39 is 30.0 Å². The van der Waals surface area contributed by atoms with Crippen LogP contribution in [0.1, 0.15) is 40.4 Å². The molecule has 2 aliphatic rings. The van der Waals surface area contributed by atoms with Crippen LogP contribution in [-0.4, -0.2) is 28.2 Å². The largest absolute Gasteiger partial charge is 0.385 e. The Morgan fingerprint density at radius 2 is 2.20 bits per heavy atom. The first-order valence-electron chi connectivity index (χ1n) is 8.17. The molecule has 1 aliphatic carbocycles. The number of carbonyl (C=O) groups excluding carboxylic acids is 1. The van der Waals surface area contributed by atoms with E-state index in [-0.39, 0.29) is 24.2 Å². The fourth-order valence-electron chi connectivity index (χ4n) is 3.61. The summed E-state index contributed by atoms with van der Waals surface area (Å²) in [6.45, 7) is 0.550. The van der Waals surface area contributed by atoms with Crippen LogP contribution in [0.15, 0.2) is 18.2 Å². The van der Waals surface area contributed by atoms with Gasteiger partial charge in [-0.2, -0.15) is 9.78 Å². The number of rotatable bonds is 1. The molecule has 0 amide bonds. The third kappa shape index (κ3) is 2.65. The SMILES string of the molecule is Nc1c2c(nn1C(=O)[C@H]1CCNc3ccc(F)cc31)CCC(F)(F)C2. The Bertz CT molecular complexity index is 862. The highest BCUT2D eigenvalue weighted by Gasteiger charge is 2.39. The number of nitrogens with two attached hydrogens (primary N) is 1. The van der Waals surface area contributed by atoms with Gasteiger partial charge in [0.15, 0.2) is 0 Å². The third-order valence-corrected chi connectivity index (χ3v) is 4.91. The summed E-state index contributed by atoms with van der Waals surface area (Å²) in [6.07, 6.45) is -0.259. The average Bonchev–Trinajstić information content (AvgIpc) is 2.89. The van der Waals surface area contributed by atoms with E-state index in [1.807, 2.05) is 0 Å². The average molecular weight is 350 g/mol. The van der Waals surface area contributed by atoms with Gasteiger partial charge in [0.1, 0.15) is 11.6 Å². The molecule has 0 fully saturated rings. The molecule has 2 aromatic rings. The number of alkyl halides is 2. The van der Waals surface area contributed by atoms with Gasteiger partial charge in [0.2, 0.25) is 0 Å². The van der Waals surface area contributed by atoms with E-state index in [1.165, 1.54) is 12.1 Å². The monoisotopic (exact) mass is 350 g/mol. The van der Waals surface area contributed by atoms with Crippen LogP contribution in [0.5, 0.6) is 0 Å². The van der Waals surface area contributed by atoms with E-state index in [9.17, 15) is 18.0 Å². The molecular formula is C17H17F3N4O. The fraction of sp³-hybridized carbons (Fsp3) is 0.412. The normalized spacial score (nSPS) is 21.2. The molecule has 1 aromatic carbocycles. The molecule has 2 heterocycles. The van der Waals surface area contributed by atoms with Gasteiger partial charge in [-0.3, -0.25) is 4.79 Å². The summed E-state index contributed by atoms with van der Waals surface area (Å²) < 4.78 is 41.9. The van der Waals surface area contributed by atoms with Crippen molar-refractivity contribution in [2.75, 3.05) is 17.6 Å². The number of carbonyl (C=O) groups is 1. The summed E-state index contributed by atoms with van der Waals surface area (Å²) in [5, 5.41) is 7.30. The molecule has 1 aromatic heterocycles. The molecule has 132 valence electrons. The fourth-order valence-corrected chi connectivity index (χ4v) is 3.61. The highest BCUT2D eigenvalue weighted by atomic mass is 19.3. The zero-order valence-corrected chi connectivity index (χ0v) is 13.4. The van der Waals surface area contributed by atoms with Crippen molar-refractivity contribution in [3.05, 3.63) is 40.8 Å². The summed E-state index contributed by atoms with van der Waals surface area (Å²) in [7, 11) is 0.